The number of rotatable bonds is 6. The van der Waals surface area contributed by atoms with E-state index >= 15 is 0 Å². The van der Waals surface area contributed by atoms with Crippen LogP contribution in [-0.4, -0.2) is 34.2 Å². The van der Waals surface area contributed by atoms with Crippen molar-refractivity contribution >= 4 is 22.4 Å². The Bertz CT molecular complexity index is 1060. The molecule has 0 unspecified atom stereocenters. The van der Waals surface area contributed by atoms with Gasteiger partial charge in [-0.15, -0.1) is 0 Å². The van der Waals surface area contributed by atoms with Crippen LogP contribution in [0.4, 0.5) is 5.69 Å². The summed E-state index contributed by atoms with van der Waals surface area (Å²) in [6, 6.07) is 17.2. The first-order chi connectivity index (χ1) is 14.1. The smallest absolute Gasteiger partial charge is 0.239 e. The number of para-hydroxylation sites is 2. The van der Waals surface area contributed by atoms with E-state index in [0.717, 1.165) is 23.2 Å². The van der Waals surface area contributed by atoms with Crippen molar-refractivity contribution in [2.75, 3.05) is 17.8 Å². The van der Waals surface area contributed by atoms with Gasteiger partial charge in [-0.3, -0.25) is 9.00 Å². The molecule has 0 N–H and O–H groups in total. The quantitative estimate of drug-likeness (QED) is 0.621. The van der Waals surface area contributed by atoms with Crippen LogP contribution >= 0.6 is 0 Å². The van der Waals surface area contributed by atoms with Gasteiger partial charge in [0, 0.05) is 34.2 Å². The fourth-order valence-corrected chi connectivity index (χ4v) is 4.70. The molecule has 0 radical (unpaired) electrons. The summed E-state index contributed by atoms with van der Waals surface area (Å²) in [4.78, 5) is 14.6. The summed E-state index contributed by atoms with van der Waals surface area (Å²) in [6.07, 6.45) is 0.818. The number of carbonyl (C=O) groups excluding carboxylic acids is 1. The maximum atomic E-state index is 12.8. The van der Waals surface area contributed by atoms with E-state index in [0.29, 0.717) is 17.2 Å². The monoisotopic (exact) mass is 410 g/mol. The van der Waals surface area contributed by atoms with E-state index < -0.39 is 10.8 Å². The van der Waals surface area contributed by atoms with E-state index in [2.05, 4.69) is 5.16 Å². The molecular formula is C22H22N2O4S. The van der Waals surface area contributed by atoms with E-state index in [4.69, 9.17) is 9.26 Å². The number of amides is 1. The molecule has 0 aliphatic carbocycles. The Morgan fingerprint density at radius 1 is 1.24 bits per heavy atom. The zero-order valence-electron chi connectivity index (χ0n) is 16.3. The van der Waals surface area contributed by atoms with Crippen LogP contribution in [0.5, 0.6) is 5.75 Å². The first kappa shape index (κ1) is 19.4. The van der Waals surface area contributed by atoms with Crippen molar-refractivity contribution in [1.82, 2.24) is 5.16 Å². The van der Waals surface area contributed by atoms with E-state index in [-0.39, 0.29) is 23.5 Å². The van der Waals surface area contributed by atoms with Crippen LogP contribution in [-0.2, 0) is 27.8 Å². The average molecular weight is 410 g/mol. The summed E-state index contributed by atoms with van der Waals surface area (Å²) in [5.41, 5.74) is 3.48. The summed E-state index contributed by atoms with van der Waals surface area (Å²) >= 11 is 0. The second kappa shape index (κ2) is 8.21. The molecule has 0 fully saturated rings. The molecule has 150 valence electrons. The van der Waals surface area contributed by atoms with E-state index in [1.807, 2.05) is 55.5 Å². The first-order valence-corrected chi connectivity index (χ1v) is 10.9. The number of ether oxygens (including phenoxy) is 1. The van der Waals surface area contributed by atoms with Crippen LogP contribution in [0.2, 0.25) is 0 Å². The fraction of sp³-hybridized carbons (Fsp3) is 0.273. The summed E-state index contributed by atoms with van der Waals surface area (Å²) in [5.74, 6) is 1.11. The summed E-state index contributed by atoms with van der Waals surface area (Å²) < 4.78 is 23.3. The zero-order valence-corrected chi connectivity index (χ0v) is 17.1. The number of hydrogen-bond donors (Lipinski definition) is 0. The molecular weight excluding hydrogens is 388 g/mol. The van der Waals surface area contributed by atoms with Crippen molar-refractivity contribution in [1.29, 1.82) is 0 Å². The van der Waals surface area contributed by atoms with Crippen LogP contribution < -0.4 is 9.64 Å². The maximum Gasteiger partial charge on any atom is 0.239 e. The molecule has 1 aliphatic rings. The van der Waals surface area contributed by atoms with E-state index in [9.17, 15) is 9.00 Å². The minimum absolute atomic E-state index is 0.0522. The number of hydrogen-bond acceptors (Lipinski definition) is 5. The minimum Gasteiger partial charge on any atom is -0.496 e. The van der Waals surface area contributed by atoms with Crippen molar-refractivity contribution < 1.29 is 18.3 Å². The lowest BCUT2D eigenvalue weighted by Crippen LogP contribution is -2.38. The highest BCUT2D eigenvalue weighted by molar-refractivity contribution is 7.84. The first-order valence-electron chi connectivity index (χ1n) is 9.40. The Labute approximate surface area is 171 Å². The number of anilines is 1. The molecule has 2 atom stereocenters. The molecule has 1 aliphatic heterocycles. The highest BCUT2D eigenvalue weighted by Gasteiger charge is 2.31. The number of methoxy groups -OCH3 is 1. The molecule has 2 aromatic carbocycles. The second-order valence-corrected chi connectivity index (χ2v) is 8.51. The van der Waals surface area contributed by atoms with Gasteiger partial charge in [-0.25, -0.2) is 0 Å². The Hall–Kier alpha value is -2.93. The molecule has 0 spiro atoms. The number of benzene rings is 2. The fourth-order valence-electron chi connectivity index (χ4n) is 3.73. The summed E-state index contributed by atoms with van der Waals surface area (Å²) in [5, 5.41) is 4.06. The lowest BCUT2D eigenvalue weighted by atomic mass is 10.1. The number of nitrogens with zero attached hydrogens (tertiary/aromatic N) is 2. The predicted octanol–water partition coefficient (Wildman–Crippen LogP) is 3.58. The van der Waals surface area contributed by atoms with Crippen molar-refractivity contribution in [2.45, 2.75) is 25.1 Å². The van der Waals surface area contributed by atoms with Gasteiger partial charge in [0.2, 0.25) is 5.91 Å². The van der Waals surface area contributed by atoms with Gasteiger partial charge in [-0.1, -0.05) is 35.5 Å². The van der Waals surface area contributed by atoms with Crippen LogP contribution in [0.3, 0.4) is 0 Å². The van der Waals surface area contributed by atoms with Gasteiger partial charge in [0.05, 0.1) is 12.9 Å². The van der Waals surface area contributed by atoms with Crippen molar-refractivity contribution in [3.8, 4) is 17.0 Å². The van der Waals surface area contributed by atoms with Crippen molar-refractivity contribution in [3.63, 3.8) is 0 Å². The molecule has 0 saturated carbocycles. The van der Waals surface area contributed by atoms with Gasteiger partial charge in [0.1, 0.15) is 23.0 Å². The highest BCUT2D eigenvalue weighted by atomic mass is 32.2. The molecule has 1 amide bonds. The van der Waals surface area contributed by atoms with Gasteiger partial charge < -0.3 is 14.2 Å². The predicted molar refractivity (Wildman–Crippen MR) is 112 cm³/mol. The van der Waals surface area contributed by atoms with Gasteiger partial charge >= 0.3 is 0 Å². The van der Waals surface area contributed by atoms with Gasteiger partial charge in [0.15, 0.2) is 0 Å². The SMILES string of the molecule is COc1ccccc1-c1cc(C[S@@](=O)CC(=O)N2c3ccccc3C[C@H]2C)on1. The molecule has 7 heteroatoms. The molecule has 0 saturated heterocycles. The third-order valence-corrected chi connectivity index (χ3v) is 6.18. The third kappa shape index (κ3) is 3.96. The largest absolute Gasteiger partial charge is 0.496 e. The maximum absolute atomic E-state index is 12.8. The third-order valence-electron chi connectivity index (χ3n) is 5.01. The average Bonchev–Trinajstić information content (AvgIpc) is 3.30. The Morgan fingerprint density at radius 2 is 2.00 bits per heavy atom. The molecule has 3 aromatic rings. The van der Waals surface area contributed by atoms with Crippen LogP contribution in [0, 0.1) is 0 Å². The highest BCUT2D eigenvalue weighted by Crippen LogP contribution is 2.32. The normalized spacial score (nSPS) is 16.5. The topological polar surface area (TPSA) is 72.6 Å². The Balaban J connectivity index is 1.43. The summed E-state index contributed by atoms with van der Waals surface area (Å²) in [7, 11) is 0.200. The molecule has 1 aromatic heterocycles. The molecule has 29 heavy (non-hydrogen) atoms. The molecule has 2 heterocycles. The van der Waals surface area contributed by atoms with Gasteiger partial charge in [0.25, 0.3) is 0 Å². The van der Waals surface area contributed by atoms with Crippen LogP contribution in [0.15, 0.2) is 59.1 Å². The Kier molecular flexibility index (Phi) is 5.49. The van der Waals surface area contributed by atoms with Gasteiger partial charge in [-0.05, 0) is 37.1 Å². The van der Waals surface area contributed by atoms with Gasteiger partial charge in [-0.2, -0.15) is 0 Å². The minimum atomic E-state index is -1.40. The van der Waals surface area contributed by atoms with E-state index in [1.165, 1.54) is 0 Å². The number of fused-ring (bicyclic) bond motifs is 1. The second-order valence-electron chi connectivity index (χ2n) is 7.05. The van der Waals surface area contributed by atoms with Crippen LogP contribution in [0.25, 0.3) is 11.3 Å². The van der Waals surface area contributed by atoms with Crippen LogP contribution in [0.1, 0.15) is 18.2 Å². The van der Waals surface area contributed by atoms with Crippen molar-refractivity contribution in [3.05, 3.63) is 65.9 Å². The molecule has 4 rings (SSSR count). The zero-order chi connectivity index (χ0) is 20.4. The molecule has 6 nitrogen and oxygen atoms in total. The summed E-state index contributed by atoms with van der Waals surface area (Å²) in [6.45, 7) is 2.01. The Morgan fingerprint density at radius 3 is 2.83 bits per heavy atom. The van der Waals surface area contributed by atoms with Crippen molar-refractivity contribution in [2.24, 2.45) is 0 Å². The molecule has 0 bridgehead atoms. The lowest BCUT2D eigenvalue weighted by Gasteiger charge is -2.22. The number of carbonyl (C=O) groups is 1. The number of aromatic nitrogens is 1. The van der Waals surface area contributed by atoms with E-state index in [1.54, 1.807) is 18.1 Å². The standard InChI is InChI=1S/C22H22N2O4S/c1-15-11-16-7-3-5-9-20(16)24(15)22(25)14-29(26)13-17-12-19(23-28-17)18-8-4-6-10-21(18)27-2/h3-10,12,15H,11,13-14H2,1-2H3/t15-,29-/m1/s1. The lowest BCUT2D eigenvalue weighted by molar-refractivity contribution is -0.116.